The summed E-state index contributed by atoms with van der Waals surface area (Å²) in [6.07, 6.45) is 0.160. The Kier molecular flexibility index (Phi) is 4.66. The van der Waals surface area contributed by atoms with Gasteiger partial charge >= 0.3 is 0 Å². The molecule has 0 aliphatic carbocycles. The van der Waals surface area contributed by atoms with E-state index in [4.69, 9.17) is 14.6 Å². The molecule has 0 radical (unpaired) electrons. The Morgan fingerprint density at radius 1 is 1.62 bits per heavy atom. The molecule has 0 aromatic carbocycles. The third kappa shape index (κ3) is 3.23. The SMILES string of the molecule is COC[C@@H]1CN(CCO)[C@@H](C)CO1. The zero-order valence-electron chi connectivity index (χ0n) is 8.40. The lowest BCUT2D eigenvalue weighted by molar-refractivity contribution is -0.0866. The molecule has 1 aliphatic rings. The molecule has 1 aliphatic heterocycles. The van der Waals surface area contributed by atoms with Crippen LogP contribution in [0.5, 0.6) is 0 Å². The van der Waals surface area contributed by atoms with Gasteiger partial charge in [0.2, 0.25) is 0 Å². The minimum atomic E-state index is 0.160. The molecule has 0 saturated carbocycles. The van der Waals surface area contributed by atoms with Crippen molar-refractivity contribution >= 4 is 0 Å². The fourth-order valence-corrected chi connectivity index (χ4v) is 1.60. The fraction of sp³-hybridized carbons (Fsp3) is 1.00. The molecule has 0 amide bonds. The van der Waals surface area contributed by atoms with Crippen LogP contribution in [0.4, 0.5) is 0 Å². The van der Waals surface area contributed by atoms with Gasteiger partial charge in [-0.05, 0) is 6.92 Å². The quantitative estimate of drug-likeness (QED) is 0.660. The number of rotatable bonds is 4. The van der Waals surface area contributed by atoms with Gasteiger partial charge in [-0.15, -0.1) is 0 Å². The lowest BCUT2D eigenvalue weighted by atomic mass is 10.2. The molecule has 4 nitrogen and oxygen atoms in total. The van der Waals surface area contributed by atoms with Crippen LogP contribution in [-0.2, 0) is 9.47 Å². The average Bonchev–Trinajstić information content (AvgIpc) is 2.12. The second-order valence-corrected chi connectivity index (χ2v) is 3.48. The molecular formula is C9H19NO3. The Morgan fingerprint density at radius 3 is 3.00 bits per heavy atom. The van der Waals surface area contributed by atoms with Crippen LogP contribution in [0, 0.1) is 0 Å². The molecule has 0 aromatic rings. The lowest BCUT2D eigenvalue weighted by Crippen LogP contribution is -2.50. The second kappa shape index (κ2) is 5.54. The summed E-state index contributed by atoms with van der Waals surface area (Å²) in [7, 11) is 1.68. The van der Waals surface area contributed by atoms with Gasteiger partial charge in [0.1, 0.15) is 0 Å². The summed E-state index contributed by atoms with van der Waals surface area (Å²) in [6.45, 7) is 5.27. The summed E-state index contributed by atoms with van der Waals surface area (Å²) in [4.78, 5) is 2.23. The number of ether oxygens (including phenoxy) is 2. The van der Waals surface area contributed by atoms with E-state index >= 15 is 0 Å². The van der Waals surface area contributed by atoms with Crippen molar-refractivity contribution in [2.24, 2.45) is 0 Å². The van der Waals surface area contributed by atoms with Crippen LogP contribution < -0.4 is 0 Å². The zero-order chi connectivity index (χ0) is 9.68. The predicted octanol–water partition coefficient (Wildman–Crippen LogP) is -0.286. The van der Waals surface area contributed by atoms with Gasteiger partial charge in [0.25, 0.3) is 0 Å². The Morgan fingerprint density at radius 2 is 2.38 bits per heavy atom. The Bertz CT molecular complexity index is 143. The van der Waals surface area contributed by atoms with Crippen LogP contribution >= 0.6 is 0 Å². The van der Waals surface area contributed by atoms with E-state index in [0.717, 1.165) is 19.7 Å². The second-order valence-electron chi connectivity index (χ2n) is 3.48. The fourth-order valence-electron chi connectivity index (χ4n) is 1.60. The first-order valence-corrected chi connectivity index (χ1v) is 4.73. The number of aliphatic hydroxyl groups excluding tert-OH is 1. The highest BCUT2D eigenvalue weighted by atomic mass is 16.5. The van der Waals surface area contributed by atoms with Gasteiger partial charge in [-0.1, -0.05) is 0 Å². The minimum Gasteiger partial charge on any atom is -0.395 e. The van der Waals surface area contributed by atoms with Crippen LogP contribution in [0.25, 0.3) is 0 Å². The highest BCUT2D eigenvalue weighted by Gasteiger charge is 2.25. The van der Waals surface area contributed by atoms with Crippen LogP contribution in [0.3, 0.4) is 0 Å². The first-order chi connectivity index (χ1) is 6.27. The van der Waals surface area contributed by atoms with Crippen LogP contribution in [-0.4, -0.2) is 62.2 Å². The monoisotopic (exact) mass is 189 g/mol. The number of nitrogens with zero attached hydrogens (tertiary/aromatic N) is 1. The van der Waals surface area contributed by atoms with Gasteiger partial charge in [-0.25, -0.2) is 0 Å². The van der Waals surface area contributed by atoms with Crippen molar-refractivity contribution in [3.8, 4) is 0 Å². The lowest BCUT2D eigenvalue weighted by Gasteiger charge is -2.37. The maximum absolute atomic E-state index is 8.84. The van der Waals surface area contributed by atoms with Gasteiger partial charge in [0.05, 0.1) is 25.9 Å². The van der Waals surface area contributed by atoms with E-state index in [-0.39, 0.29) is 12.7 Å². The third-order valence-electron chi connectivity index (χ3n) is 2.37. The van der Waals surface area contributed by atoms with Crippen LogP contribution in [0.2, 0.25) is 0 Å². The number of methoxy groups -OCH3 is 1. The normalized spacial score (nSPS) is 30.7. The average molecular weight is 189 g/mol. The minimum absolute atomic E-state index is 0.160. The molecule has 1 heterocycles. The zero-order valence-corrected chi connectivity index (χ0v) is 8.40. The number of morpholine rings is 1. The van der Waals surface area contributed by atoms with E-state index in [2.05, 4.69) is 11.8 Å². The molecule has 1 N–H and O–H groups in total. The molecule has 1 saturated heterocycles. The number of aliphatic hydroxyl groups is 1. The molecule has 0 bridgehead atoms. The molecule has 0 spiro atoms. The molecule has 1 rings (SSSR count). The molecule has 0 unspecified atom stereocenters. The van der Waals surface area contributed by atoms with E-state index in [1.165, 1.54) is 0 Å². The van der Waals surface area contributed by atoms with E-state index in [0.29, 0.717) is 12.6 Å². The summed E-state index contributed by atoms with van der Waals surface area (Å²) in [6, 6.07) is 0.403. The topological polar surface area (TPSA) is 41.9 Å². The smallest absolute Gasteiger partial charge is 0.0935 e. The highest BCUT2D eigenvalue weighted by Crippen LogP contribution is 2.10. The first-order valence-electron chi connectivity index (χ1n) is 4.73. The molecule has 2 atom stereocenters. The summed E-state index contributed by atoms with van der Waals surface area (Å²) in [5.74, 6) is 0. The van der Waals surface area contributed by atoms with Crippen LogP contribution in [0.15, 0.2) is 0 Å². The van der Waals surface area contributed by atoms with E-state index in [9.17, 15) is 0 Å². The summed E-state index contributed by atoms with van der Waals surface area (Å²) < 4.78 is 10.6. The highest BCUT2D eigenvalue weighted by molar-refractivity contribution is 4.76. The van der Waals surface area contributed by atoms with Crippen molar-refractivity contribution < 1.29 is 14.6 Å². The van der Waals surface area contributed by atoms with Crippen molar-refractivity contribution in [3.05, 3.63) is 0 Å². The maximum atomic E-state index is 8.84. The molecule has 78 valence electrons. The standard InChI is InChI=1S/C9H19NO3/c1-8-6-13-9(7-12-2)5-10(8)3-4-11/h8-9,11H,3-7H2,1-2H3/t8-,9-/m0/s1. The van der Waals surface area contributed by atoms with Crippen molar-refractivity contribution in [1.29, 1.82) is 0 Å². The summed E-state index contributed by atoms with van der Waals surface area (Å²) in [5, 5.41) is 8.84. The number of hydrogen-bond donors (Lipinski definition) is 1. The largest absolute Gasteiger partial charge is 0.395 e. The van der Waals surface area contributed by atoms with Gasteiger partial charge < -0.3 is 14.6 Å². The van der Waals surface area contributed by atoms with Gasteiger partial charge in [-0.2, -0.15) is 0 Å². The third-order valence-corrected chi connectivity index (χ3v) is 2.37. The van der Waals surface area contributed by atoms with Gasteiger partial charge in [0, 0.05) is 26.2 Å². The Hall–Kier alpha value is -0.160. The number of hydrogen-bond acceptors (Lipinski definition) is 4. The van der Waals surface area contributed by atoms with Crippen molar-refractivity contribution in [3.63, 3.8) is 0 Å². The van der Waals surface area contributed by atoms with E-state index in [1.54, 1.807) is 7.11 Å². The molecule has 0 aromatic heterocycles. The maximum Gasteiger partial charge on any atom is 0.0935 e. The van der Waals surface area contributed by atoms with Gasteiger partial charge in [-0.3, -0.25) is 4.90 Å². The summed E-state index contributed by atoms with van der Waals surface area (Å²) >= 11 is 0. The molecule has 4 heteroatoms. The van der Waals surface area contributed by atoms with Crippen LogP contribution in [0.1, 0.15) is 6.92 Å². The Balaban J connectivity index is 2.33. The number of β-amino-alcohol motifs (C(OH)–C–C–N with tert-alkyl or cyclic N) is 1. The van der Waals surface area contributed by atoms with Crippen molar-refractivity contribution in [1.82, 2.24) is 4.90 Å². The van der Waals surface area contributed by atoms with Crippen molar-refractivity contribution in [2.75, 3.05) is 40.0 Å². The first kappa shape index (κ1) is 10.9. The molecule has 1 fully saturated rings. The predicted molar refractivity (Wildman–Crippen MR) is 49.7 cm³/mol. The van der Waals surface area contributed by atoms with Gasteiger partial charge in [0.15, 0.2) is 0 Å². The molecular weight excluding hydrogens is 170 g/mol. The van der Waals surface area contributed by atoms with E-state index < -0.39 is 0 Å². The summed E-state index contributed by atoms with van der Waals surface area (Å²) in [5.41, 5.74) is 0. The molecule has 13 heavy (non-hydrogen) atoms. The Labute approximate surface area is 79.4 Å². The van der Waals surface area contributed by atoms with Crippen molar-refractivity contribution in [2.45, 2.75) is 19.1 Å². The van der Waals surface area contributed by atoms with E-state index in [1.807, 2.05) is 0 Å².